The van der Waals surface area contributed by atoms with Gasteiger partial charge in [0.1, 0.15) is 5.75 Å². The summed E-state index contributed by atoms with van der Waals surface area (Å²) >= 11 is 0. The van der Waals surface area contributed by atoms with Crippen LogP contribution in [0.2, 0.25) is 0 Å². The zero-order chi connectivity index (χ0) is 14.3. The molecule has 1 amide bonds. The maximum absolute atomic E-state index is 12.2. The van der Waals surface area contributed by atoms with Crippen LogP contribution in [-0.4, -0.2) is 23.1 Å². The average Bonchev–Trinajstić information content (AvgIpc) is 2.54. The Morgan fingerprint density at radius 1 is 1.10 bits per heavy atom. The minimum Gasteiger partial charge on any atom is -0.454 e. The molecule has 0 spiro atoms. The van der Waals surface area contributed by atoms with Crippen molar-refractivity contribution in [2.24, 2.45) is 0 Å². The monoisotopic (exact) mass is 269 g/mol. The number of hydrogen-bond acceptors (Lipinski definition) is 4. The van der Waals surface area contributed by atoms with Crippen molar-refractivity contribution in [2.75, 3.05) is 5.32 Å². The van der Waals surface area contributed by atoms with Crippen LogP contribution in [0.4, 0.5) is 5.69 Å². The molecular formula is C14H12BNO4. The third kappa shape index (κ3) is 2.15. The van der Waals surface area contributed by atoms with Crippen LogP contribution in [0.3, 0.4) is 0 Å². The minimum atomic E-state index is -1.62. The molecule has 1 aliphatic rings. The Balaban J connectivity index is 2.10. The molecule has 5 nitrogen and oxygen atoms in total. The summed E-state index contributed by atoms with van der Waals surface area (Å²) in [5.74, 6) is 0.598. The van der Waals surface area contributed by atoms with Gasteiger partial charge in [0.2, 0.25) is 0 Å². The van der Waals surface area contributed by atoms with E-state index in [-0.39, 0.29) is 16.9 Å². The van der Waals surface area contributed by atoms with Gasteiger partial charge < -0.3 is 20.1 Å². The fourth-order valence-corrected chi connectivity index (χ4v) is 2.11. The first-order chi connectivity index (χ1) is 9.54. The van der Waals surface area contributed by atoms with Crippen molar-refractivity contribution >= 4 is 24.2 Å². The van der Waals surface area contributed by atoms with Gasteiger partial charge in [-0.15, -0.1) is 0 Å². The highest BCUT2D eigenvalue weighted by Crippen LogP contribution is 2.35. The molecular weight excluding hydrogens is 257 g/mol. The fourth-order valence-electron chi connectivity index (χ4n) is 2.11. The number of carbonyl (C=O) groups excluding carboxylic acids is 1. The maximum Gasteiger partial charge on any atom is 0.488 e. The molecule has 0 radical (unpaired) electrons. The Morgan fingerprint density at radius 2 is 1.85 bits per heavy atom. The Morgan fingerprint density at radius 3 is 2.60 bits per heavy atom. The normalized spacial score (nSPS) is 12.7. The Labute approximate surface area is 116 Å². The first-order valence-corrected chi connectivity index (χ1v) is 6.14. The lowest BCUT2D eigenvalue weighted by molar-refractivity contribution is 0.102. The second-order valence-corrected chi connectivity index (χ2v) is 4.69. The second-order valence-electron chi connectivity index (χ2n) is 4.69. The summed E-state index contributed by atoms with van der Waals surface area (Å²) in [5.41, 5.74) is 2.11. The number of aryl methyl sites for hydroxylation is 1. The van der Waals surface area contributed by atoms with Crippen molar-refractivity contribution in [3.05, 3.63) is 47.5 Å². The van der Waals surface area contributed by atoms with Crippen LogP contribution in [-0.2, 0) is 0 Å². The fraction of sp³-hybridized carbons (Fsp3) is 0.0714. The van der Waals surface area contributed by atoms with Crippen LogP contribution in [0.5, 0.6) is 11.5 Å². The number of benzene rings is 2. The molecule has 1 aliphatic heterocycles. The number of rotatable bonds is 1. The van der Waals surface area contributed by atoms with E-state index >= 15 is 0 Å². The Hall–Kier alpha value is -2.31. The molecule has 0 aliphatic carbocycles. The molecule has 0 unspecified atom stereocenters. The summed E-state index contributed by atoms with van der Waals surface area (Å²) in [4.78, 5) is 12.2. The molecule has 100 valence electrons. The maximum atomic E-state index is 12.2. The molecule has 20 heavy (non-hydrogen) atoms. The number of nitrogens with one attached hydrogen (secondary N) is 1. The van der Waals surface area contributed by atoms with Crippen molar-refractivity contribution in [3.8, 4) is 11.5 Å². The second kappa shape index (κ2) is 4.66. The van der Waals surface area contributed by atoms with E-state index in [9.17, 15) is 14.8 Å². The number of ether oxygens (including phenoxy) is 1. The number of fused-ring (bicyclic) bond motifs is 2. The van der Waals surface area contributed by atoms with E-state index in [2.05, 4.69) is 5.32 Å². The smallest absolute Gasteiger partial charge is 0.454 e. The first-order valence-electron chi connectivity index (χ1n) is 6.14. The molecule has 3 rings (SSSR count). The first kappa shape index (κ1) is 12.7. The van der Waals surface area contributed by atoms with Crippen LogP contribution < -0.4 is 15.5 Å². The van der Waals surface area contributed by atoms with Crippen LogP contribution >= 0.6 is 0 Å². The van der Waals surface area contributed by atoms with E-state index in [1.807, 2.05) is 19.1 Å². The zero-order valence-corrected chi connectivity index (χ0v) is 10.8. The molecule has 0 bridgehead atoms. The van der Waals surface area contributed by atoms with Gasteiger partial charge in [-0.3, -0.25) is 4.79 Å². The lowest BCUT2D eigenvalue weighted by Gasteiger charge is -2.08. The summed E-state index contributed by atoms with van der Waals surface area (Å²) in [6, 6.07) is 9.97. The van der Waals surface area contributed by atoms with Gasteiger partial charge >= 0.3 is 7.12 Å². The molecule has 0 saturated heterocycles. The topological polar surface area (TPSA) is 78.8 Å². The van der Waals surface area contributed by atoms with Gasteiger partial charge in [0.15, 0.2) is 5.75 Å². The van der Waals surface area contributed by atoms with Gasteiger partial charge in [0.05, 0.1) is 11.3 Å². The highest BCUT2D eigenvalue weighted by Gasteiger charge is 2.23. The predicted octanol–water partition coefficient (Wildman–Crippen LogP) is 1.03. The number of amides is 1. The molecule has 0 saturated carbocycles. The van der Waals surface area contributed by atoms with E-state index in [0.29, 0.717) is 17.2 Å². The zero-order valence-electron chi connectivity index (χ0n) is 10.8. The Bertz CT molecular complexity index is 700. The average molecular weight is 269 g/mol. The van der Waals surface area contributed by atoms with Crippen molar-refractivity contribution < 1.29 is 19.6 Å². The SMILES string of the molecule is Cc1ccc2c(c1)NC(=O)c1cc(B(O)O)ccc1O2. The Kier molecular flexibility index (Phi) is 2.96. The third-order valence-electron chi connectivity index (χ3n) is 3.15. The molecule has 2 aromatic rings. The highest BCUT2D eigenvalue weighted by atomic mass is 16.5. The van der Waals surface area contributed by atoms with E-state index in [4.69, 9.17) is 4.74 Å². The van der Waals surface area contributed by atoms with Crippen molar-refractivity contribution in [3.63, 3.8) is 0 Å². The lowest BCUT2D eigenvalue weighted by Crippen LogP contribution is -2.30. The highest BCUT2D eigenvalue weighted by molar-refractivity contribution is 6.58. The van der Waals surface area contributed by atoms with E-state index in [1.165, 1.54) is 12.1 Å². The number of carbonyl (C=O) groups is 1. The molecule has 0 aromatic heterocycles. The molecule has 3 N–H and O–H groups in total. The summed E-state index contributed by atoms with van der Waals surface area (Å²) in [6.07, 6.45) is 0. The van der Waals surface area contributed by atoms with Gasteiger partial charge in [0, 0.05) is 0 Å². The van der Waals surface area contributed by atoms with Crippen LogP contribution in [0, 0.1) is 6.92 Å². The molecule has 6 heteroatoms. The van der Waals surface area contributed by atoms with Gasteiger partial charge in [-0.25, -0.2) is 0 Å². The summed E-state index contributed by atoms with van der Waals surface area (Å²) in [6.45, 7) is 1.92. The molecule has 0 fully saturated rings. The van der Waals surface area contributed by atoms with Crippen molar-refractivity contribution in [1.82, 2.24) is 0 Å². The van der Waals surface area contributed by atoms with Crippen molar-refractivity contribution in [2.45, 2.75) is 6.92 Å². The van der Waals surface area contributed by atoms with E-state index in [0.717, 1.165) is 5.56 Å². The molecule has 2 aromatic carbocycles. The number of hydrogen-bond donors (Lipinski definition) is 3. The molecule has 1 heterocycles. The quantitative estimate of drug-likeness (QED) is 0.676. The van der Waals surface area contributed by atoms with Crippen molar-refractivity contribution in [1.29, 1.82) is 0 Å². The van der Waals surface area contributed by atoms with Crippen LogP contribution in [0.25, 0.3) is 0 Å². The van der Waals surface area contributed by atoms with Gasteiger partial charge in [0.25, 0.3) is 5.91 Å². The minimum absolute atomic E-state index is 0.240. The van der Waals surface area contributed by atoms with E-state index in [1.54, 1.807) is 12.1 Å². The third-order valence-corrected chi connectivity index (χ3v) is 3.15. The molecule has 0 atom stereocenters. The standard InChI is InChI=1S/C14H12BNO4/c1-8-2-4-13-11(6-8)16-14(17)10-7-9(15(18)19)3-5-12(10)20-13/h2-7,18-19H,1H3,(H,16,17). The summed E-state index contributed by atoms with van der Waals surface area (Å²) in [5, 5.41) is 21.1. The van der Waals surface area contributed by atoms with E-state index < -0.39 is 7.12 Å². The lowest BCUT2D eigenvalue weighted by atomic mass is 9.79. The van der Waals surface area contributed by atoms with Gasteiger partial charge in [-0.05, 0) is 42.2 Å². The van der Waals surface area contributed by atoms with Gasteiger partial charge in [-0.1, -0.05) is 12.1 Å². The van der Waals surface area contributed by atoms with Crippen LogP contribution in [0.15, 0.2) is 36.4 Å². The largest absolute Gasteiger partial charge is 0.488 e. The predicted molar refractivity (Wildman–Crippen MR) is 75.5 cm³/mol. The summed E-state index contributed by atoms with van der Waals surface area (Å²) < 4.78 is 5.72. The summed E-state index contributed by atoms with van der Waals surface area (Å²) in [7, 11) is -1.62. The van der Waals surface area contributed by atoms with Crippen LogP contribution in [0.1, 0.15) is 15.9 Å². The van der Waals surface area contributed by atoms with Gasteiger partial charge in [-0.2, -0.15) is 0 Å². The number of anilines is 1.